The molecule has 156 valence electrons. The van der Waals surface area contributed by atoms with Crippen molar-refractivity contribution in [3.05, 3.63) is 95.2 Å². The van der Waals surface area contributed by atoms with Crippen molar-refractivity contribution in [2.75, 3.05) is 4.72 Å². The Balaban J connectivity index is 1.67. The van der Waals surface area contributed by atoms with Crippen molar-refractivity contribution in [3.63, 3.8) is 0 Å². The lowest BCUT2D eigenvalue weighted by Gasteiger charge is -2.13. The average molecular weight is 454 g/mol. The number of nitrogens with zero attached hydrogens (tertiary/aromatic N) is 2. The molecule has 4 aromatic rings. The number of hydrogen-bond donors (Lipinski definition) is 1. The summed E-state index contributed by atoms with van der Waals surface area (Å²) in [4.78, 5) is 21.0. The molecule has 0 saturated carbocycles. The number of carbonyl (C=O) groups excluding carboxylic acids is 1. The summed E-state index contributed by atoms with van der Waals surface area (Å²) < 4.78 is 33.6. The van der Waals surface area contributed by atoms with Crippen molar-refractivity contribution in [2.45, 2.75) is 11.8 Å². The van der Waals surface area contributed by atoms with Gasteiger partial charge in [0.25, 0.3) is 10.0 Å². The molecule has 0 unspecified atom stereocenters. The number of sulfonamides is 1. The lowest BCUT2D eigenvalue weighted by Crippen LogP contribution is -2.16. The number of benzene rings is 2. The smallest absolute Gasteiger partial charge is 0.261 e. The predicted octanol–water partition coefficient (Wildman–Crippen LogP) is 4.73. The van der Waals surface area contributed by atoms with E-state index in [2.05, 4.69) is 14.7 Å². The van der Waals surface area contributed by atoms with Crippen molar-refractivity contribution in [1.82, 2.24) is 9.97 Å². The Labute approximate surface area is 183 Å². The van der Waals surface area contributed by atoms with E-state index < -0.39 is 10.0 Å². The van der Waals surface area contributed by atoms with Crippen LogP contribution in [0.2, 0.25) is 5.02 Å². The van der Waals surface area contributed by atoms with E-state index in [4.69, 9.17) is 16.0 Å². The third-order valence-corrected chi connectivity index (χ3v) is 6.25. The number of hydrogen-bond acceptors (Lipinski definition) is 6. The summed E-state index contributed by atoms with van der Waals surface area (Å²) in [5.41, 5.74) is 2.02. The van der Waals surface area contributed by atoms with Gasteiger partial charge >= 0.3 is 0 Å². The summed E-state index contributed by atoms with van der Waals surface area (Å²) in [5, 5.41) is 0.309. The molecule has 7 nitrogen and oxygen atoms in total. The average Bonchev–Trinajstić information content (AvgIpc) is 3.30. The Hall–Kier alpha value is -3.49. The van der Waals surface area contributed by atoms with Gasteiger partial charge in [0.1, 0.15) is 0 Å². The molecular weight excluding hydrogens is 438 g/mol. The second-order valence-corrected chi connectivity index (χ2v) is 8.82. The third kappa shape index (κ3) is 4.35. The molecule has 0 spiro atoms. The van der Waals surface area contributed by atoms with E-state index in [9.17, 15) is 13.2 Å². The van der Waals surface area contributed by atoms with Gasteiger partial charge in [-0.1, -0.05) is 11.6 Å². The summed E-state index contributed by atoms with van der Waals surface area (Å²) in [6, 6.07) is 12.2. The molecule has 2 heterocycles. The van der Waals surface area contributed by atoms with E-state index in [0.29, 0.717) is 21.9 Å². The van der Waals surface area contributed by atoms with Crippen LogP contribution in [0.3, 0.4) is 0 Å². The lowest BCUT2D eigenvalue weighted by molar-refractivity contribution is 0.103. The van der Waals surface area contributed by atoms with Crippen LogP contribution in [-0.2, 0) is 10.0 Å². The van der Waals surface area contributed by atoms with Crippen LogP contribution in [-0.4, -0.2) is 24.2 Å². The third-order valence-electron chi connectivity index (χ3n) is 4.64. The molecule has 2 aromatic heterocycles. The second-order valence-electron chi connectivity index (χ2n) is 6.71. The maximum absolute atomic E-state index is 13.1. The number of carbonyl (C=O) groups is 1. The Bertz CT molecular complexity index is 1350. The van der Waals surface area contributed by atoms with Gasteiger partial charge in [-0.3, -0.25) is 14.5 Å². The minimum Gasteiger partial charge on any atom is -0.444 e. The molecule has 0 aliphatic heterocycles. The van der Waals surface area contributed by atoms with Crippen LogP contribution in [0.4, 0.5) is 5.69 Å². The van der Waals surface area contributed by atoms with E-state index in [1.165, 1.54) is 49.1 Å². The monoisotopic (exact) mass is 453 g/mol. The Morgan fingerprint density at radius 2 is 1.77 bits per heavy atom. The van der Waals surface area contributed by atoms with Gasteiger partial charge in [0.15, 0.2) is 17.9 Å². The maximum Gasteiger partial charge on any atom is 0.261 e. The molecule has 0 radical (unpaired) electrons. The fourth-order valence-corrected chi connectivity index (χ4v) is 4.25. The number of halogens is 1. The molecule has 4 rings (SSSR count). The topological polar surface area (TPSA) is 102 Å². The van der Waals surface area contributed by atoms with Crippen molar-refractivity contribution in [3.8, 4) is 11.3 Å². The van der Waals surface area contributed by atoms with Crippen LogP contribution in [0.25, 0.3) is 11.3 Å². The van der Waals surface area contributed by atoms with E-state index >= 15 is 0 Å². The molecule has 0 aliphatic rings. The van der Waals surface area contributed by atoms with Gasteiger partial charge in [-0.25, -0.2) is 13.4 Å². The number of rotatable bonds is 6. The van der Waals surface area contributed by atoms with Gasteiger partial charge in [0.2, 0.25) is 0 Å². The first-order chi connectivity index (χ1) is 14.8. The largest absolute Gasteiger partial charge is 0.444 e. The highest BCUT2D eigenvalue weighted by Gasteiger charge is 2.21. The first-order valence-corrected chi connectivity index (χ1v) is 11.0. The van der Waals surface area contributed by atoms with Gasteiger partial charge in [-0.05, 0) is 61.0 Å². The van der Waals surface area contributed by atoms with Crippen molar-refractivity contribution in [1.29, 1.82) is 0 Å². The number of aryl methyl sites for hydroxylation is 1. The van der Waals surface area contributed by atoms with Crippen LogP contribution in [0.15, 0.2) is 82.8 Å². The summed E-state index contributed by atoms with van der Waals surface area (Å²) in [7, 11) is -3.97. The Morgan fingerprint density at radius 3 is 2.45 bits per heavy atom. The number of nitrogens with one attached hydrogen (secondary N) is 1. The molecule has 0 aliphatic carbocycles. The Kier molecular flexibility index (Phi) is 5.58. The van der Waals surface area contributed by atoms with Crippen LogP contribution in [0.5, 0.6) is 0 Å². The van der Waals surface area contributed by atoms with Crippen LogP contribution >= 0.6 is 11.6 Å². The highest BCUT2D eigenvalue weighted by atomic mass is 35.5. The molecule has 0 fully saturated rings. The fraction of sp³-hybridized carbons (Fsp3) is 0.0455. The van der Waals surface area contributed by atoms with Crippen molar-refractivity contribution in [2.24, 2.45) is 0 Å². The summed E-state index contributed by atoms with van der Waals surface area (Å²) in [5.74, 6) is 0.140. The maximum atomic E-state index is 13.1. The lowest BCUT2D eigenvalue weighted by atomic mass is 10.00. The zero-order valence-corrected chi connectivity index (χ0v) is 17.8. The van der Waals surface area contributed by atoms with E-state index in [0.717, 1.165) is 5.56 Å². The first-order valence-electron chi connectivity index (χ1n) is 9.12. The van der Waals surface area contributed by atoms with Gasteiger partial charge < -0.3 is 4.42 Å². The van der Waals surface area contributed by atoms with Crippen molar-refractivity contribution < 1.29 is 17.6 Å². The van der Waals surface area contributed by atoms with Gasteiger partial charge in [0, 0.05) is 34.1 Å². The highest BCUT2D eigenvalue weighted by Crippen LogP contribution is 2.27. The normalized spacial score (nSPS) is 11.3. The van der Waals surface area contributed by atoms with Gasteiger partial charge in [0.05, 0.1) is 16.8 Å². The molecule has 0 amide bonds. The molecule has 2 aromatic carbocycles. The van der Waals surface area contributed by atoms with Gasteiger partial charge in [-0.15, -0.1) is 0 Å². The molecular formula is C22H16ClN3O4S. The number of pyridine rings is 1. The molecule has 0 bridgehead atoms. The number of anilines is 1. The van der Waals surface area contributed by atoms with Crippen LogP contribution < -0.4 is 4.72 Å². The SMILES string of the molecule is Cc1ccncc1C(=O)c1cc(Cl)ccc1NS(=O)(=O)c1ccc(-c2cnco2)cc1. The molecule has 31 heavy (non-hydrogen) atoms. The fourth-order valence-electron chi connectivity index (χ4n) is 3.00. The van der Waals surface area contributed by atoms with E-state index in [1.807, 2.05) is 0 Å². The van der Waals surface area contributed by atoms with Gasteiger partial charge in [-0.2, -0.15) is 0 Å². The minimum atomic E-state index is -3.97. The minimum absolute atomic E-state index is 0.0293. The van der Waals surface area contributed by atoms with Crippen LogP contribution in [0, 0.1) is 6.92 Å². The predicted molar refractivity (Wildman–Crippen MR) is 117 cm³/mol. The molecule has 0 saturated heterocycles. The number of oxazole rings is 1. The Morgan fingerprint density at radius 1 is 1.00 bits per heavy atom. The summed E-state index contributed by atoms with van der Waals surface area (Å²) in [6.07, 6.45) is 5.85. The number of aromatic nitrogens is 2. The molecule has 0 atom stereocenters. The standard InChI is InChI=1S/C22H16ClN3O4S/c1-14-8-9-24-11-19(14)22(27)18-10-16(23)4-7-20(18)26-31(28,29)17-5-2-15(3-6-17)21-12-25-13-30-21/h2-13,26H,1H3. The van der Waals surface area contributed by atoms with Crippen molar-refractivity contribution >= 4 is 33.1 Å². The van der Waals surface area contributed by atoms with E-state index in [1.54, 1.807) is 31.3 Å². The molecule has 9 heteroatoms. The number of ketones is 1. The zero-order chi connectivity index (χ0) is 22.0. The summed E-state index contributed by atoms with van der Waals surface area (Å²) >= 11 is 6.08. The second kappa shape index (κ2) is 8.33. The first kappa shape index (κ1) is 20.8. The van der Waals surface area contributed by atoms with Crippen LogP contribution in [0.1, 0.15) is 21.5 Å². The quantitative estimate of drug-likeness (QED) is 0.423. The summed E-state index contributed by atoms with van der Waals surface area (Å²) in [6.45, 7) is 1.78. The zero-order valence-electron chi connectivity index (χ0n) is 16.2. The highest BCUT2D eigenvalue weighted by molar-refractivity contribution is 7.92. The van der Waals surface area contributed by atoms with E-state index in [-0.39, 0.29) is 21.9 Å². The molecule has 1 N–H and O–H groups in total.